The molecular weight excluding hydrogens is 248 g/mol. The largest absolute Gasteiger partial charge is 0.302 e. The van der Waals surface area contributed by atoms with Crippen LogP contribution in [0.2, 0.25) is 0 Å². The molecule has 4 N–H and O–H groups in total. The van der Waals surface area contributed by atoms with Gasteiger partial charge in [-0.2, -0.15) is 5.10 Å². The number of nitrogens with two attached hydrogens (primary N) is 1. The first kappa shape index (κ1) is 12.9. The van der Waals surface area contributed by atoms with Gasteiger partial charge in [-0.3, -0.25) is 19.8 Å². The highest BCUT2D eigenvalue weighted by molar-refractivity contribution is 6.41. The number of Topliss-reactive ketones (excluding diaryl/α,β-unsaturated/α-hetero) is 1. The fraction of sp³-hybridized carbons (Fsp3) is 0.167. The molecule has 0 radical (unpaired) electrons. The molecule has 0 saturated carbocycles. The number of carbonyl (C=O) groups excluding carboxylic acids is 3. The highest BCUT2D eigenvalue weighted by atomic mass is 16.2. The molecule has 98 valence electrons. The number of amides is 2. The Bertz CT molecular complexity index is 553. The lowest BCUT2D eigenvalue weighted by Crippen LogP contribution is -2.46. The van der Waals surface area contributed by atoms with Gasteiger partial charge in [-0.05, 0) is 5.56 Å². The van der Waals surface area contributed by atoms with E-state index in [4.69, 9.17) is 5.84 Å². The molecular formula is C12H12N4O3. The van der Waals surface area contributed by atoms with Crippen molar-refractivity contribution in [1.29, 1.82) is 0 Å². The van der Waals surface area contributed by atoms with Crippen molar-refractivity contribution in [2.75, 3.05) is 0 Å². The third kappa shape index (κ3) is 2.66. The van der Waals surface area contributed by atoms with Crippen LogP contribution in [0.5, 0.6) is 0 Å². The van der Waals surface area contributed by atoms with Crippen LogP contribution in [0.1, 0.15) is 12.0 Å². The average Bonchev–Trinajstić information content (AvgIpc) is 2.47. The van der Waals surface area contributed by atoms with E-state index in [2.05, 4.69) is 10.5 Å². The van der Waals surface area contributed by atoms with Gasteiger partial charge in [0.25, 0.3) is 5.91 Å². The molecule has 0 saturated heterocycles. The second-order valence-electron chi connectivity index (χ2n) is 3.99. The van der Waals surface area contributed by atoms with Gasteiger partial charge in [0.15, 0.2) is 0 Å². The van der Waals surface area contributed by atoms with Crippen molar-refractivity contribution >= 4 is 23.3 Å². The molecule has 0 aliphatic carbocycles. The summed E-state index contributed by atoms with van der Waals surface area (Å²) < 4.78 is 0. The third-order valence-corrected chi connectivity index (χ3v) is 2.79. The Morgan fingerprint density at radius 2 is 2.00 bits per heavy atom. The lowest BCUT2D eigenvalue weighted by Gasteiger charge is -2.19. The summed E-state index contributed by atoms with van der Waals surface area (Å²) in [6.07, 6.45) is 0.0715. The fourth-order valence-electron chi connectivity index (χ4n) is 1.79. The van der Waals surface area contributed by atoms with Crippen LogP contribution in [-0.4, -0.2) is 23.3 Å². The molecule has 0 spiro atoms. The first-order valence-corrected chi connectivity index (χ1v) is 5.60. The number of hydrazone groups is 1. The fourth-order valence-corrected chi connectivity index (χ4v) is 1.79. The molecule has 0 bridgehead atoms. The van der Waals surface area contributed by atoms with Crippen LogP contribution >= 0.6 is 0 Å². The Morgan fingerprint density at radius 1 is 1.32 bits per heavy atom. The monoisotopic (exact) mass is 260 g/mol. The number of benzene rings is 1. The Kier molecular flexibility index (Phi) is 3.67. The minimum atomic E-state index is -1.10. The van der Waals surface area contributed by atoms with Crippen molar-refractivity contribution in [2.24, 2.45) is 16.9 Å². The van der Waals surface area contributed by atoms with Gasteiger partial charge in [0.2, 0.25) is 5.78 Å². The van der Waals surface area contributed by atoms with Gasteiger partial charge in [0.1, 0.15) is 5.92 Å². The van der Waals surface area contributed by atoms with Crippen LogP contribution in [0.15, 0.2) is 35.4 Å². The molecule has 7 nitrogen and oxygen atoms in total. The Morgan fingerprint density at radius 3 is 2.63 bits per heavy atom. The molecule has 1 unspecified atom stereocenters. The van der Waals surface area contributed by atoms with E-state index in [9.17, 15) is 14.4 Å². The van der Waals surface area contributed by atoms with E-state index >= 15 is 0 Å². The van der Waals surface area contributed by atoms with Gasteiger partial charge in [0.05, 0.1) is 5.71 Å². The maximum atomic E-state index is 11.7. The summed E-state index contributed by atoms with van der Waals surface area (Å²) in [5, 5.41) is 3.90. The molecule has 1 aliphatic rings. The summed E-state index contributed by atoms with van der Waals surface area (Å²) in [5.41, 5.74) is 5.31. The highest BCUT2D eigenvalue weighted by Crippen LogP contribution is 2.16. The zero-order chi connectivity index (χ0) is 13.8. The summed E-state index contributed by atoms with van der Waals surface area (Å²) in [5.74, 6) is 1.32. The maximum absolute atomic E-state index is 11.7. The van der Waals surface area contributed by atoms with Crippen molar-refractivity contribution in [2.45, 2.75) is 6.42 Å². The van der Waals surface area contributed by atoms with Crippen LogP contribution < -0.4 is 16.7 Å². The molecule has 2 rings (SSSR count). The number of ketones is 1. The smallest absolute Gasteiger partial charge is 0.288 e. The van der Waals surface area contributed by atoms with Gasteiger partial charge in [-0.15, -0.1) is 0 Å². The van der Waals surface area contributed by atoms with E-state index in [1.54, 1.807) is 17.6 Å². The van der Waals surface area contributed by atoms with Gasteiger partial charge in [-0.25, -0.2) is 11.3 Å². The second-order valence-corrected chi connectivity index (χ2v) is 3.99. The number of hydrazine groups is 1. The molecule has 19 heavy (non-hydrogen) atoms. The predicted octanol–water partition coefficient (Wildman–Crippen LogP) is -0.914. The number of rotatable bonds is 3. The van der Waals surface area contributed by atoms with Crippen LogP contribution in [0, 0.1) is 5.92 Å². The minimum Gasteiger partial charge on any atom is -0.288 e. The first-order chi connectivity index (χ1) is 9.13. The molecule has 1 aromatic rings. The Balaban J connectivity index is 2.22. The zero-order valence-corrected chi connectivity index (χ0v) is 9.92. The Labute approximate surface area is 108 Å². The molecule has 0 aromatic heterocycles. The molecule has 1 atom stereocenters. The third-order valence-electron chi connectivity index (χ3n) is 2.79. The number of carbonyl (C=O) groups is 3. The minimum absolute atomic E-state index is 0.0715. The summed E-state index contributed by atoms with van der Waals surface area (Å²) in [6.45, 7) is 0. The SMILES string of the molecule is NNC(=O)C(=O)C1CC(c2ccccc2)=NNC1=O. The van der Waals surface area contributed by atoms with E-state index in [0.29, 0.717) is 5.71 Å². The highest BCUT2D eigenvalue weighted by Gasteiger charge is 2.35. The van der Waals surface area contributed by atoms with Gasteiger partial charge < -0.3 is 0 Å². The zero-order valence-electron chi connectivity index (χ0n) is 9.92. The lowest BCUT2D eigenvalue weighted by atomic mass is 9.92. The first-order valence-electron chi connectivity index (χ1n) is 5.60. The number of hydrogen-bond acceptors (Lipinski definition) is 5. The topological polar surface area (TPSA) is 114 Å². The van der Waals surface area contributed by atoms with E-state index in [0.717, 1.165) is 5.56 Å². The van der Waals surface area contributed by atoms with Gasteiger partial charge in [-0.1, -0.05) is 30.3 Å². The summed E-state index contributed by atoms with van der Waals surface area (Å²) >= 11 is 0. The summed E-state index contributed by atoms with van der Waals surface area (Å²) in [7, 11) is 0. The Hall–Kier alpha value is -2.54. The maximum Gasteiger partial charge on any atom is 0.302 e. The van der Waals surface area contributed by atoms with Gasteiger partial charge in [0, 0.05) is 6.42 Å². The summed E-state index contributed by atoms with van der Waals surface area (Å²) in [6, 6.07) is 9.09. The van der Waals surface area contributed by atoms with E-state index in [1.807, 2.05) is 18.2 Å². The van der Waals surface area contributed by atoms with Crippen LogP contribution in [0.4, 0.5) is 0 Å². The van der Waals surface area contributed by atoms with Crippen LogP contribution in [0.3, 0.4) is 0 Å². The van der Waals surface area contributed by atoms with E-state index < -0.39 is 23.5 Å². The number of hydrogen-bond donors (Lipinski definition) is 3. The number of nitrogens with zero attached hydrogens (tertiary/aromatic N) is 1. The average molecular weight is 260 g/mol. The quantitative estimate of drug-likeness (QED) is 0.214. The summed E-state index contributed by atoms with van der Waals surface area (Å²) in [4.78, 5) is 34.5. The molecule has 7 heteroatoms. The van der Waals surface area contributed by atoms with Crippen molar-refractivity contribution in [1.82, 2.24) is 10.9 Å². The van der Waals surface area contributed by atoms with Gasteiger partial charge >= 0.3 is 5.91 Å². The molecule has 1 heterocycles. The van der Waals surface area contributed by atoms with E-state index in [1.165, 1.54) is 0 Å². The van der Waals surface area contributed by atoms with E-state index in [-0.39, 0.29) is 6.42 Å². The van der Waals surface area contributed by atoms with Crippen LogP contribution in [0.25, 0.3) is 0 Å². The normalized spacial score (nSPS) is 18.3. The van der Waals surface area contributed by atoms with Crippen molar-refractivity contribution in [3.05, 3.63) is 35.9 Å². The molecule has 1 aliphatic heterocycles. The molecule has 2 amide bonds. The van der Waals surface area contributed by atoms with Crippen molar-refractivity contribution < 1.29 is 14.4 Å². The predicted molar refractivity (Wildman–Crippen MR) is 66.6 cm³/mol. The lowest BCUT2D eigenvalue weighted by molar-refractivity contribution is -0.144. The van der Waals surface area contributed by atoms with Crippen LogP contribution in [-0.2, 0) is 14.4 Å². The van der Waals surface area contributed by atoms with Crippen molar-refractivity contribution in [3.63, 3.8) is 0 Å². The molecule has 1 aromatic carbocycles. The van der Waals surface area contributed by atoms with Crippen molar-refractivity contribution in [3.8, 4) is 0 Å². The second kappa shape index (κ2) is 5.40. The standard InChI is InChI=1S/C12H12N4O3/c13-14-12(19)10(17)8-6-9(15-16-11(8)18)7-4-2-1-3-5-7/h1-5,8H,6,13H2,(H,14,19)(H,16,18). The number of nitrogens with one attached hydrogen (secondary N) is 2. The molecule has 0 fully saturated rings.